The molecule has 0 aliphatic carbocycles. The maximum absolute atomic E-state index is 4.60. The van der Waals surface area contributed by atoms with Crippen molar-refractivity contribution in [3.8, 4) is 0 Å². The van der Waals surface area contributed by atoms with Gasteiger partial charge in [-0.25, -0.2) is 9.97 Å². The molecule has 4 aromatic rings. The van der Waals surface area contributed by atoms with E-state index in [0.29, 0.717) is 5.92 Å². The first-order chi connectivity index (χ1) is 12.8. The molecule has 1 aliphatic rings. The maximum Gasteiger partial charge on any atom is 0.160 e. The van der Waals surface area contributed by atoms with Gasteiger partial charge in [0.1, 0.15) is 22.8 Å². The molecule has 1 fully saturated rings. The van der Waals surface area contributed by atoms with Gasteiger partial charge in [-0.2, -0.15) is 0 Å². The summed E-state index contributed by atoms with van der Waals surface area (Å²) in [4.78, 5) is 13.9. The molecule has 6 nitrogen and oxygen atoms in total. The highest BCUT2D eigenvalue weighted by atomic mass is 32.1. The Bertz CT molecular complexity index is 1060. The summed E-state index contributed by atoms with van der Waals surface area (Å²) in [7, 11) is 0. The number of nitrogens with zero attached hydrogens (tertiary/aromatic N) is 6. The average Bonchev–Trinajstić information content (AvgIpc) is 3.32. The fourth-order valence-corrected chi connectivity index (χ4v) is 4.74. The van der Waals surface area contributed by atoms with Crippen molar-refractivity contribution in [2.75, 3.05) is 18.0 Å². The van der Waals surface area contributed by atoms with Crippen molar-refractivity contribution < 1.29 is 0 Å². The first-order valence-electron chi connectivity index (χ1n) is 9.11. The van der Waals surface area contributed by atoms with Crippen molar-refractivity contribution in [1.29, 1.82) is 0 Å². The normalized spacial score (nSPS) is 16.0. The molecule has 0 unspecified atom stereocenters. The van der Waals surface area contributed by atoms with Gasteiger partial charge in [0, 0.05) is 30.1 Å². The highest BCUT2D eigenvalue weighted by Crippen LogP contribution is 2.34. The molecular weight excluding hydrogens is 344 g/mol. The van der Waals surface area contributed by atoms with E-state index < -0.39 is 0 Å². The fourth-order valence-electron chi connectivity index (χ4n) is 3.81. The van der Waals surface area contributed by atoms with E-state index in [1.807, 2.05) is 18.2 Å². The summed E-state index contributed by atoms with van der Waals surface area (Å²) >= 11 is 1.78. The molecule has 7 heteroatoms. The smallest absolute Gasteiger partial charge is 0.160 e. The van der Waals surface area contributed by atoms with Crippen LogP contribution < -0.4 is 4.90 Å². The van der Waals surface area contributed by atoms with Crippen molar-refractivity contribution in [3.63, 3.8) is 0 Å². The molecule has 0 aromatic carbocycles. The molecular formula is C19H20N6S. The van der Waals surface area contributed by atoms with Gasteiger partial charge < -0.3 is 4.90 Å². The van der Waals surface area contributed by atoms with Gasteiger partial charge in [0.15, 0.2) is 5.65 Å². The van der Waals surface area contributed by atoms with Crippen molar-refractivity contribution >= 4 is 33.0 Å². The SMILES string of the molecule is CCc1cc2c(N3CCC(c4nnc5ccccn45)CC3)ncnc2s1. The van der Waals surface area contributed by atoms with E-state index in [-0.39, 0.29) is 0 Å². The summed E-state index contributed by atoms with van der Waals surface area (Å²) in [6, 6.07) is 8.30. The van der Waals surface area contributed by atoms with Crippen LogP contribution in [0.2, 0.25) is 0 Å². The number of fused-ring (bicyclic) bond motifs is 2. The predicted octanol–water partition coefficient (Wildman–Crippen LogP) is 3.68. The molecule has 0 radical (unpaired) electrons. The lowest BCUT2D eigenvalue weighted by molar-refractivity contribution is 0.481. The number of aromatic nitrogens is 5. The third-order valence-electron chi connectivity index (χ3n) is 5.21. The molecule has 5 rings (SSSR count). The largest absolute Gasteiger partial charge is 0.356 e. The Labute approximate surface area is 155 Å². The second-order valence-corrected chi connectivity index (χ2v) is 7.85. The van der Waals surface area contributed by atoms with Crippen LogP contribution in [-0.4, -0.2) is 37.7 Å². The Kier molecular flexibility index (Phi) is 3.81. The summed E-state index contributed by atoms with van der Waals surface area (Å²) in [5, 5.41) is 9.95. The van der Waals surface area contributed by atoms with Gasteiger partial charge in [-0.05, 0) is 37.5 Å². The molecule has 132 valence electrons. The van der Waals surface area contributed by atoms with Crippen molar-refractivity contribution in [1.82, 2.24) is 24.6 Å². The zero-order valence-corrected chi connectivity index (χ0v) is 15.5. The van der Waals surface area contributed by atoms with Crippen LogP contribution in [0.4, 0.5) is 5.82 Å². The minimum atomic E-state index is 0.439. The Morgan fingerprint density at radius 3 is 2.88 bits per heavy atom. The maximum atomic E-state index is 4.60. The number of aryl methyl sites for hydroxylation is 1. The minimum Gasteiger partial charge on any atom is -0.356 e. The Morgan fingerprint density at radius 2 is 2.04 bits per heavy atom. The molecule has 0 atom stereocenters. The van der Waals surface area contributed by atoms with Gasteiger partial charge in [0.25, 0.3) is 0 Å². The first-order valence-corrected chi connectivity index (χ1v) is 9.93. The molecule has 0 saturated carbocycles. The van der Waals surface area contributed by atoms with Crippen LogP contribution >= 0.6 is 11.3 Å². The predicted molar refractivity (Wildman–Crippen MR) is 104 cm³/mol. The number of piperidine rings is 1. The zero-order valence-electron chi connectivity index (χ0n) is 14.7. The minimum absolute atomic E-state index is 0.439. The van der Waals surface area contributed by atoms with E-state index in [0.717, 1.165) is 54.5 Å². The second-order valence-electron chi connectivity index (χ2n) is 6.73. The topological polar surface area (TPSA) is 59.2 Å². The van der Waals surface area contributed by atoms with Gasteiger partial charge in [-0.1, -0.05) is 13.0 Å². The summed E-state index contributed by atoms with van der Waals surface area (Å²) < 4.78 is 2.12. The van der Waals surface area contributed by atoms with E-state index in [1.54, 1.807) is 17.7 Å². The van der Waals surface area contributed by atoms with Crippen LogP contribution in [0.3, 0.4) is 0 Å². The molecule has 0 spiro atoms. The zero-order chi connectivity index (χ0) is 17.5. The van der Waals surface area contributed by atoms with Crippen LogP contribution in [0, 0.1) is 0 Å². The number of hydrogen-bond acceptors (Lipinski definition) is 6. The van der Waals surface area contributed by atoms with Crippen LogP contribution in [0.5, 0.6) is 0 Å². The molecule has 1 aliphatic heterocycles. The van der Waals surface area contributed by atoms with Crippen LogP contribution in [-0.2, 0) is 6.42 Å². The molecule has 26 heavy (non-hydrogen) atoms. The Hall–Kier alpha value is -2.54. The van der Waals surface area contributed by atoms with Crippen molar-refractivity contribution in [2.24, 2.45) is 0 Å². The summed E-state index contributed by atoms with van der Waals surface area (Å²) in [5.41, 5.74) is 0.924. The molecule has 5 heterocycles. The lowest BCUT2D eigenvalue weighted by Crippen LogP contribution is -2.34. The molecule has 0 amide bonds. The lowest BCUT2D eigenvalue weighted by atomic mass is 9.96. The Balaban J connectivity index is 1.40. The van der Waals surface area contributed by atoms with Gasteiger partial charge in [-0.3, -0.25) is 4.40 Å². The average molecular weight is 364 g/mol. The summed E-state index contributed by atoms with van der Waals surface area (Å²) in [5.74, 6) is 2.60. The number of rotatable bonds is 3. The molecule has 1 saturated heterocycles. The summed E-state index contributed by atoms with van der Waals surface area (Å²) in [6.07, 6.45) is 6.93. The van der Waals surface area contributed by atoms with E-state index in [9.17, 15) is 0 Å². The van der Waals surface area contributed by atoms with E-state index in [1.165, 1.54) is 10.3 Å². The molecule has 0 N–H and O–H groups in total. The Morgan fingerprint density at radius 1 is 1.15 bits per heavy atom. The quantitative estimate of drug-likeness (QED) is 0.555. The number of thiophene rings is 1. The number of anilines is 1. The summed E-state index contributed by atoms with van der Waals surface area (Å²) in [6.45, 7) is 4.15. The van der Waals surface area contributed by atoms with E-state index in [2.05, 4.69) is 48.7 Å². The highest BCUT2D eigenvalue weighted by molar-refractivity contribution is 7.18. The second kappa shape index (κ2) is 6.32. The third kappa shape index (κ3) is 2.54. The number of pyridine rings is 1. The third-order valence-corrected chi connectivity index (χ3v) is 6.40. The van der Waals surface area contributed by atoms with Crippen molar-refractivity contribution in [3.05, 3.63) is 47.5 Å². The van der Waals surface area contributed by atoms with Gasteiger partial charge in [-0.15, -0.1) is 21.5 Å². The standard InChI is InChI=1S/C19H20N6S/c1-2-14-11-15-18(20-12-21-19(15)26-14)24-9-6-13(7-10-24)17-23-22-16-5-3-4-8-25(16)17/h3-5,8,11-13H,2,6-7,9-10H2,1H3. The van der Waals surface area contributed by atoms with Crippen LogP contribution in [0.15, 0.2) is 36.8 Å². The van der Waals surface area contributed by atoms with Crippen molar-refractivity contribution in [2.45, 2.75) is 32.1 Å². The first kappa shape index (κ1) is 15.7. The lowest BCUT2D eigenvalue weighted by Gasteiger charge is -2.32. The van der Waals surface area contributed by atoms with Crippen LogP contribution in [0.25, 0.3) is 15.9 Å². The van der Waals surface area contributed by atoms with Gasteiger partial charge in [0.2, 0.25) is 0 Å². The van der Waals surface area contributed by atoms with E-state index >= 15 is 0 Å². The van der Waals surface area contributed by atoms with Crippen LogP contribution in [0.1, 0.15) is 36.4 Å². The molecule has 0 bridgehead atoms. The fraction of sp³-hybridized carbons (Fsp3) is 0.368. The van der Waals surface area contributed by atoms with Gasteiger partial charge >= 0.3 is 0 Å². The highest BCUT2D eigenvalue weighted by Gasteiger charge is 2.26. The van der Waals surface area contributed by atoms with Gasteiger partial charge in [0.05, 0.1) is 5.39 Å². The monoisotopic (exact) mass is 364 g/mol. The molecule has 4 aromatic heterocycles. The van der Waals surface area contributed by atoms with E-state index in [4.69, 9.17) is 0 Å². The number of hydrogen-bond donors (Lipinski definition) is 0.